The molecule has 1 aliphatic rings. The third kappa shape index (κ3) is 4.95. The lowest BCUT2D eigenvalue weighted by Crippen LogP contribution is -2.31. The third-order valence-corrected chi connectivity index (χ3v) is 4.62. The molecule has 3 aromatic rings. The van der Waals surface area contributed by atoms with Gasteiger partial charge in [0.25, 0.3) is 0 Å². The molecule has 0 amide bonds. The molecule has 12 heteroatoms. The zero-order valence-corrected chi connectivity index (χ0v) is 15.9. The van der Waals surface area contributed by atoms with Crippen LogP contribution < -0.4 is 14.8 Å². The van der Waals surface area contributed by atoms with Gasteiger partial charge in [-0.3, -0.25) is 4.40 Å². The summed E-state index contributed by atoms with van der Waals surface area (Å²) in [4.78, 5) is 0. The fourth-order valence-corrected chi connectivity index (χ4v) is 3.37. The number of anilines is 1. The molecule has 0 aliphatic carbocycles. The molecule has 1 atom stereocenters. The van der Waals surface area contributed by atoms with Crippen molar-refractivity contribution in [3.05, 3.63) is 36.5 Å². The van der Waals surface area contributed by atoms with E-state index in [1.165, 1.54) is 0 Å². The van der Waals surface area contributed by atoms with E-state index in [1.807, 2.05) is 0 Å². The van der Waals surface area contributed by atoms with Gasteiger partial charge in [0, 0.05) is 24.4 Å². The zero-order valence-electron chi connectivity index (χ0n) is 15.9. The van der Waals surface area contributed by atoms with Crippen LogP contribution >= 0.6 is 0 Å². The molecule has 0 radical (unpaired) electrons. The van der Waals surface area contributed by atoms with Crippen LogP contribution in [0.4, 0.5) is 27.9 Å². The Morgan fingerprint density at radius 1 is 1.19 bits per heavy atom. The summed E-state index contributed by atoms with van der Waals surface area (Å²) in [6.07, 6.45) is -1.60. The number of nitrogens with one attached hydrogen (secondary N) is 1. The van der Waals surface area contributed by atoms with E-state index in [0.29, 0.717) is 24.7 Å². The Morgan fingerprint density at radius 2 is 2.03 bits per heavy atom. The van der Waals surface area contributed by atoms with E-state index in [9.17, 15) is 22.0 Å². The lowest BCUT2D eigenvalue weighted by atomic mass is 10.1. The molecule has 31 heavy (non-hydrogen) atoms. The normalized spacial score (nSPS) is 17.2. The molecule has 1 N–H and O–H groups in total. The Hall–Kier alpha value is -3.15. The number of ether oxygens (including phenoxy) is 3. The largest absolute Gasteiger partial charge is 0.573 e. The van der Waals surface area contributed by atoms with Crippen LogP contribution in [-0.4, -0.2) is 46.8 Å². The van der Waals surface area contributed by atoms with Gasteiger partial charge >= 0.3 is 13.0 Å². The van der Waals surface area contributed by atoms with Gasteiger partial charge in [-0.05, 0) is 37.1 Å². The van der Waals surface area contributed by atoms with E-state index >= 15 is 0 Å². The van der Waals surface area contributed by atoms with Gasteiger partial charge in [-0.2, -0.15) is 8.78 Å². The number of nitrogens with zero attached hydrogens (tertiary/aromatic N) is 3. The summed E-state index contributed by atoms with van der Waals surface area (Å²) in [6, 6.07) is 6.36. The first kappa shape index (κ1) is 21.1. The van der Waals surface area contributed by atoms with Crippen molar-refractivity contribution in [2.45, 2.75) is 31.9 Å². The first-order valence-corrected chi connectivity index (χ1v) is 9.33. The predicted molar refractivity (Wildman–Crippen MR) is 99.2 cm³/mol. The molecule has 1 aliphatic heterocycles. The number of aromatic nitrogens is 3. The molecule has 166 valence electrons. The summed E-state index contributed by atoms with van der Waals surface area (Å²) in [5.41, 5.74) is 0.449. The standard InChI is InChI=1S/C19H17F5N4O3/c20-17(21)30-12-5-6-13(15(9-12)31-19(22,23)24)16-14-4-1-7-28(14)18(27-26-16)25-11-3-2-8-29-10-11/h1,4-7,9,11,17H,2-3,8,10H2,(H,25,27)/t11-/m1/s1. The van der Waals surface area contributed by atoms with E-state index in [2.05, 4.69) is 25.0 Å². The van der Waals surface area contributed by atoms with E-state index in [4.69, 9.17) is 4.74 Å². The third-order valence-electron chi connectivity index (χ3n) is 4.62. The van der Waals surface area contributed by atoms with Gasteiger partial charge in [-0.1, -0.05) is 0 Å². The van der Waals surface area contributed by atoms with Crippen LogP contribution in [0, 0.1) is 0 Å². The highest BCUT2D eigenvalue weighted by atomic mass is 19.4. The quantitative estimate of drug-likeness (QED) is 0.566. The summed E-state index contributed by atoms with van der Waals surface area (Å²) >= 11 is 0. The van der Waals surface area contributed by atoms with Crippen LogP contribution in [0.5, 0.6) is 11.5 Å². The van der Waals surface area contributed by atoms with Gasteiger partial charge in [0.1, 0.15) is 17.2 Å². The van der Waals surface area contributed by atoms with Crippen LogP contribution in [0.1, 0.15) is 12.8 Å². The maximum Gasteiger partial charge on any atom is 0.573 e. The molecule has 2 aromatic heterocycles. The Balaban J connectivity index is 1.74. The zero-order chi connectivity index (χ0) is 22.0. The molecule has 0 bridgehead atoms. The highest BCUT2D eigenvalue weighted by Crippen LogP contribution is 2.38. The molecular weight excluding hydrogens is 427 g/mol. The fourth-order valence-electron chi connectivity index (χ4n) is 3.37. The number of benzene rings is 1. The summed E-state index contributed by atoms with van der Waals surface area (Å²) in [5.74, 6) is -0.812. The highest BCUT2D eigenvalue weighted by molar-refractivity contribution is 5.81. The van der Waals surface area contributed by atoms with Gasteiger partial charge < -0.3 is 19.5 Å². The minimum absolute atomic E-state index is 0.0226. The molecule has 4 rings (SSSR count). The van der Waals surface area contributed by atoms with Gasteiger partial charge in [-0.25, -0.2) is 0 Å². The van der Waals surface area contributed by atoms with Crippen molar-refractivity contribution < 1.29 is 36.2 Å². The van der Waals surface area contributed by atoms with E-state index < -0.39 is 24.5 Å². The van der Waals surface area contributed by atoms with E-state index in [0.717, 1.165) is 31.0 Å². The topological polar surface area (TPSA) is 69.9 Å². The predicted octanol–water partition coefficient (Wildman–Crippen LogP) is 4.49. The summed E-state index contributed by atoms with van der Waals surface area (Å²) in [7, 11) is 0. The number of rotatable bonds is 6. The number of fused-ring (bicyclic) bond motifs is 1. The maximum atomic E-state index is 12.9. The Kier molecular flexibility index (Phi) is 5.81. The molecule has 0 unspecified atom stereocenters. The Labute approximate surface area is 172 Å². The van der Waals surface area contributed by atoms with Crippen LogP contribution in [0.3, 0.4) is 0 Å². The Morgan fingerprint density at radius 3 is 2.74 bits per heavy atom. The summed E-state index contributed by atoms with van der Waals surface area (Å²) in [6.45, 7) is -2.01. The molecule has 1 aromatic carbocycles. The second-order valence-electron chi connectivity index (χ2n) is 6.78. The number of alkyl halides is 5. The lowest BCUT2D eigenvalue weighted by molar-refractivity contribution is -0.274. The fraction of sp³-hybridized carbons (Fsp3) is 0.368. The molecule has 0 saturated carbocycles. The van der Waals surface area contributed by atoms with Crippen molar-refractivity contribution in [1.82, 2.24) is 14.6 Å². The molecule has 1 saturated heterocycles. The van der Waals surface area contributed by atoms with Crippen LogP contribution in [-0.2, 0) is 4.74 Å². The number of halogens is 5. The van der Waals surface area contributed by atoms with Gasteiger partial charge in [0.05, 0.1) is 18.2 Å². The first-order valence-electron chi connectivity index (χ1n) is 9.33. The second kappa shape index (κ2) is 8.53. The van der Waals surface area contributed by atoms with Crippen molar-refractivity contribution in [2.24, 2.45) is 0 Å². The molecule has 0 spiro atoms. The van der Waals surface area contributed by atoms with Gasteiger partial charge in [0.2, 0.25) is 5.95 Å². The van der Waals surface area contributed by atoms with Crippen LogP contribution in [0.25, 0.3) is 16.8 Å². The van der Waals surface area contributed by atoms with Crippen molar-refractivity contribution in [3.63, 3.8) is 0 Å². The van der Waals surface area contributed by atoms with Crippen molar-refractivity contribution in [2.75, 3.05) is 18.5 Å². The molecule has 1 fully saturated rings. The average Bonchev–Trinajstić information content (AvgIpc) is 3.18. The maximum absolute atomic E-state index is 12.9. The average molecular weight is 444 g/mol. The minimum atomic E-state index is -5.05. The van der Waals surface area contributed by atoms with E-state index in [-0.39, 0.29) is 17.3 Å². The number of hydrogen-bond acceptors (Lipinski definition) is 6. The summed E-state index contributed by atoms with van der Waals surface area (Å²) in [5, 5.41) is 11.4. The van der Waals surface area contributed by atoms with Crippen molar-refractivity contribution >= 4 is 11.5 Å². The molecule has 3 heterocycles. The van der Waals surface area contributed by atoms with Crippen molar-refractivity contribution in [3.8, 4) is 22.8 Å². The molecular formula is C19H17F5N4O3. The first-order chi connectivity index (χ1) is 14.8. The molecule has 7 nitrogen and oxygen atoms in total. The SMILES string of the molecule is FC(F)Oc1ccc(-c2nnc(N[C@@H]3CCCOC3)n3cccc23)c(OC(F)(F)F)c1. The lowest BCUT2D eigenvalue weighted by Gasteiger charge is -2.24. The summed E-state index contributed by atoms with van der Waals surface area (Å²) < 4.78 is 79.1. The smallest absolute Gasteiger partial charge is 0.435 e. The number of hydrogen-bond donors (Lipinski definition) is 1. The monoisotopic (exact) mass is 444 g/mol. The van der Waals surface area contributed by atoms with Gasteiger partial charge in [-0.15, -0.1) is 23.4 Å². The van der Waals surface area contributed by atoms with Crippen molar-refractivity contribution in [1.29, 1.82) is 0 Å². The van der Waals surface area contributed by atoms with Crippen LogP contribution in [0.2, 0.25) is 0 Å². The minimum Gasteiger partial charge on any atom is -0.435 e. The second-order valence-corrected chi connectivity index (χ2v) is 6.78. The van der Waals surface area contributed by atoms with Gasteiger partial charge in [0.15, 0.2) is 0 Å². The highest BCUT2D eigenvalue weighted by Gasteiger charge is 2.33. The Bertz CT molecular complexity index is 1050. The van der Waals surface area contributed by atoms with Crippen LogP contribution in [0.15, 0.2) is 36.5 Å². The van der Waals surface area contributed by atoms with E-state index in [1.54, 1.807) is 22.7 Å².